The predicted molar refractivity (Wildman–Crippen MR) is 78.6 cm³/mol. The van der Waals surface area contributed by atoms with Crippen LogP contribution in [0.5, 0.6) is 0 Å². The molecular weight excluding hydrogens is 254 g/mol. The maximum atomic E-state index is 11.8. The lowest BCUT2D eigenvalue weighted by Crippen LogP contribution is -2.19. The first-order valence-corrected chi connectivity index (χ1v) is 6.29. The molecule has 1 aromatic heterocycles. The number of anilines is 2. The summed E-state index contributed by atoms with van der Waals surface area (Å²) in [4.78, 5) is 19.4. The van der Waals surface area contributed by atoms with Crippen molar-refractivity contribution in [2.45, 2.75) is 13.0 Å². The number of rotatable bonds is 4. The van der Waals surface area contributed by atoms with Crippen LogP contribution in [-0.4, -0.2) is 23.0 Å². The zero-order valence-electron chi connectivity index (χ0n) is 11.4. The van der Waals surface area contributed by atoms with Gasteiger partial charge in [0.15, 0.2) is 0 Å². The van der Waals surface area contributed by atoms with Gasteiger partial charge in [-0.2, -0.15) is 0 Å². The smallest absolute Gasteiger partial charge is 0.313 e. The highest BCUT2D eigenvalue weighted by Crippen LogP contribution is 2.15. The Morgan fingerprint density at radius 2 is 1.65 bits per heavy atom. The number of benzene rings is 1. The van der Waals surface area contributed by atoms with Gasteiger partial charge in [-0.1, -0.05) is 12.1 Å². The Labute approximate surface area is 117 Å². The lowest BCUT2D eigenvalue weighted by molar-refractivity contribution is 0.262. The predicted octanol–water partition coefficient (Wildman–Crippen LogP) is 2.40. The van der Waals surface area contributed by atoms with Crippen molar-refractivity contribution in [2.24, 2.45) is 0 Å². The van der Waals surface area contributed by atoms with Crippen molar-refractivity contribution >= 4 is 17.4 Å². The van der Waals surface area contributed by atoms with Gasteiger partial charge in [-0.25, -0.2) is 14.8 Å². The summed E-state index contributed by atoms with van der Waals surface area (Å²) in [5.41, 5.74) is 2.44. The number of carbonyl (C=O) groups excluding carboxylic acids is 1. The number of nitrogens with one attached hydrogen (secondary N) is 3. The summed E-state index contributed by atoms with van der Waals surface area (Å²) in [6, 6.07) is 7.63. The van der Waals surface area contributed by atoms with E-state index in [1.807, 2.05) is 31.3 Å². The van der Waals surface area contributed by atoms with Crippen LogP contribution in [0.2, 0.25) is 0 Å². The molecule has 0 spiro atoms. The van der Waals surface area contributed by atoms with Crippen molar-refractivity contribution in [3.8, 4) is 0 Å². The standard InChI is InChI=1S/C14H17N5O/c1-10(15-2)11-3-5-12(6-4-11)18-14(20)19-13-7-16-9-17-8-13/h3-10,15H,1-2H3,(H2,18,19,20). The number of hydrogen-bond acceptors (Lipinski definition) is 4. The van der Waals surface area contributed by atoms with Crippen LogP contribution >= 0.6 is 0 Å². The number of aromatic nitrogens is 2. The molecular formula is C14H17N5O. The number of amides is 2. The fourth-order valence-electron chi connectivity index (χ4n) is 1.68. The van der Waals surface area contributed by atoms with Crippen LogP contribution < -0.4 is 16.0 Å². The molecule has 0 saturated heterocycles. The molecule has 0 aliphatic rings. The summed E-state index contributed by atoms with van der Waals surface area (Å²) >= 11 is 0. The molecule has 3 N–H and O–H groups in total. The number of hydrogen-bond donors (Lipinski definition) is 3. The second-order valence-corrected chi connectivity index (χ2v) is 4.34. The third kappa shape index (κ3) is 3.76. The average molecular weight is 271 g/mol. The van der Waals surface area contributed by atoms with Gasteiger partial charge in [0, 0.05) is 11.7 Å². The van der Waals surface area contributed by atoms with Crippen molar-refractivity contribution in [1.82, 2.24) is 15.3 Å². The maximum absolute atomic E-state index is 11.8. The molecule has 1 aromatic carbocycles. The molecule has 6 nitrogen and oxygen atoms in total. The molecule has 2 rings (SSSR count). The van der Waals surface area contributed by atoms with Gasteiger partial charge in [0.25, 0.3) is 0 Å². The monoisotopic (exact) mass is 271 g/mol. The molecule has 0 bridgehead atoms. The molecule has 2 amide bonds. The second kappa shape index (κ2) is 6.63. The third-order valence-corrected chi connectivity index (χ3v) is 2.92. The van der Waals surface area contributed by atoms with Gasteiger partial charge in [0.05, 0.1) is 18.1 Å². The van der Waals surface area contributed by atoms with Crippen molar-refractivity contribution in [1.29, 1.82) is 0 Å². The van der Waals surface area contributed by atoms with Gasteiger partial charge in [0.1, 0.15) is 6.33 Å². The van der Waals surface area contributed by atoms with E-state index in [-0.39, 0.29) is 12.1 Å². The Hall–Kier alpha value is -2.47. The molecule has 0 saturated carbocycles. The normalized spacial score (nSPS) is 11.7. The topological polar surface area (TPSA) is 78.9 Å². The van der Waals surface area contributed by atoms with E-state index in [0.717, 1.165) is 11.3 Å². The molecule has 0 radical (unpaired) electrons. The Kier molecular flexibility index (Phi) is 4.62. The Bertz CT molecular complexity index is 556. The summed E-state index contributed by atoms with van der Waals surface area (Å²) < 4.78 is 0. The SMILES string of the molecule is CNC(C)c1ccc(NC(=O)Nc2cncnc2)cc1. The lowest BCUT2D eigenvalue weighted by atomic mass is 10.1. The minimum Gasteiger partial charge on any atom is -0.313 e. The fourth-order valence-corrected chi connectivity index (χ4v) is 1.68. The molecule has 1 atom stereocenters. The molecule has 1 unspecified atom stereocenters. The van der Waals surface area contributed by atoms with E-state index < -0.39 is 0 Å². The van der Waals surface area contributed by atoms with Crippen LogP contribution in [0.4, 0.5) is 16.2 Å². The van der Waals surface area contributed by atoms with E-state index in [9.17, 15) is 4.79 Å². The average Bonchev–Trinajstić information content (AvgIpc) is 2.48. The first-order valence-electron chi connectivity index (χ1n) is 6.29. The van der Waals surface area contributed by atoms with Gasteiger partial charge in [-0.05, 0) is 31.7 Å². The van der Waals surface area contributed by atoms with E-state index in [0.29, 0.717) is 5.69 Å². The summed E-state index contributed by atoms with van der Waals surface area (Å²) in [6.07, 6.45) is 4.47. The molecule has 1 heterocycles. The van der Waals surface area contributed by atoms with Gasteiger partial charge < -0.3 is 16.0 Å². The van der Waals surface area contributed by atoms with E-state index in [1.165, 1.54) is 18.7 Å². The summed E-state index contributed by atoms with van der Waals surface area (Å²) in [5.74, 6) is 0. The number of urea groups is 1. The Morgan fingerprint density at radius 3 is 2.25 bits per heavy atom. The molecule has 6 heteroatoms. The molecule has 104 valence electrons. The van der Waals surface area contributed by atoms with E-state index in [2.05, 4.69) is 32.8 Å². The van der Waals surface area contributed by atoms with Crippen LogP contribution in [0.25, 0.3) is 0 Å². The fraction of sp³-hybridized carbons (Fsp3) is 0.214. The molecule has 0 fully saturated rings. The number of nitrogens with zero attached hydrogens (tertiary/aromatic N) is 2. The van der Waals surface area contributed by atoms with Crippen molar-refractivity contribution in [2.75, 3.05) is 17.7 Å². The summed E-state index contributed by atoms with van der Waals surface area (Å²) in [5, 5.41) is 8.56. The molecule has 0 aliphatic carbocycles. The van der Waals surface area contributed by atoms with E-state index in [1.54, 1.807) is 0 Å². The highest BCUT2D eigenvalue weighted by molar-refractivity contribution is 5.99. The first kappa shape index (κ1) is 14.0. The van der Waals surface area contributed by atoms with Gasteiger partial charge >= 0.3 is 6.03 Å². The zero-order valence-corrected chi connectivity index (χ0v) is 11.4. The van der Waals surface area contributed by atoms with Gasteiger partial charge in [-0.15, -0.1) is 0 Å². The van der Waals surface area contributed by atoms with Crippen molar-refractivity contribution < 1.29 is 4.79 Å². The van der Waals surface area contributed by atoms with Crippen LogP contribution in [0.3, 0.4) is 0 Å². The molecule has 2 aromatic rings. The lowest BCUT2D eigenvalue weighted by Gasteiger charge is -2.12. The van der Waals surface area contributed by atoms with Crippen LogP contribution in [0.1, 0.15) is 18.5 Å². The highest BCUT2D eigenvalue weighted by Gasteiger charge is 2.05. The minimum absolute atomic E-state index is 0.277. The Morgan fingerprint density at radius 1 is 1.05 bits per heavy atom. The van der Waals surface area contributed by atoms with Gasteiger partial charge in [-0.3, -0.25) is 0 Å². The van der Waals surface area contributed by atoms with Crippen LogP contribution in [-0.2, 0) is 0 Å². The maximum Gasteiger partial charge on any atom is 0.323 e. The van der Waals surface area contributed by atoms with Crippen LogP contribution in [0, 0.1) is 0 Å². The molecule has 20 heavy (non-hydrogen) atoms. The summed E-state index contributed by atoms with van der Waals surface area (Å²) in [7, 11) is 1.91. The third-order valence-electron chi connectivity index (χ3n) is 2.92. The molecule has 0 aliphatic heterocycles. The quantitative estimate of drug-likeness (QED) is 0.797. The van der Waals surface area contributed by atoms with E-state index >= 15 is 0 Å². The first-order chi connectivity index (χ1) is 9.69. The number of carbonyl (C=O) groups is 1. The van der Waals surface area contributed by atoms with Crippen molar-refractivity contribution in [3.63, 3.8) is 0 Å². The van der Waals surface area contributed by atoms with Gasteiger partial charge in [0.2, 0.25) is 0 Å². The minimum atomic E-state index is -0.325. The second-order valence-electron chi connectivity index (χ2n) is 4.34. The zero-order chi connectivity index (χ0) is 14.4. The van der Waals surface area contributed by atoms with Crippen molar-refractivity contribution in [3.05, 3.63) is 48.5 Å². The summed E-state index contributed by atoms with van der Waals surface area (Å²) in [6.45, 7) is 2.07. The Balaban J connectivity index is 1.94. The van der Waals surface area contributed by atoms with E-state index in [4.69, 9.17) is 0 Å². The largest absolute Gasteiger partial charge is 0.323 e. The van der Waals surface area contributed by atoms with Crippen LogP contribution in [0.15, 0.2) is 43.0 Å². The highest BCUT2D eigenvalue weighted by atomic mass is 16.2.